The quantitative estimate of drug-likeness (QED) is 0.688. The first kappa shape index (κ1) is 17.7. The Morgan fingerprint density at radius 2 is 2.00 bits per heavy atom. The maximum atomic E-state index is 9.36. The maximum absolute atomic E-state index is 9.36. The molecular weight excluding hydrogens is 268 g/mol. The van der Waals surface area contributed by atoms with Crippen molar-refractivity contribution in [3.05, 3.63) is 11.9 Å². The molecule has 0 unspecified atom stereocenters. The lowest BCUT2D eigenvalue weighted by atomic mass is 10.1. The van der Waals surface area contributed by atoms with E-state index in [2.05, 4.69) is 34.0 Å². The third kappa shape index (κ3) is 5.13. The van der Waals surface area contributed by atoms with Crippen LogP contribution in [-0.2, 0) is 11.3 Å². The minimum Gasteiger partial charge on any atom is -0.395 e. The van der Waals surface area contributed by atoms with E-state index in [0.29, 0.717) is 25.0 Å². The fraction of sp³-hybridized carbons (Fsp3) is 0.733. The molecule has 0 spiro atoms. The third-order valence-electron chi connectivity index (χ3n) is 3.41. The number of nitrogens with one attached hydrogen (secondary N) is 1. The highest BCUT2D eigenvalue weighted by Gasteiger charge is 2.18. The van der Waals surface area contributed by atoms with Crippen molar-refractivity contribution in [2.24, 2.45) is 0 Å². The molecule has 0 aliphatic carbocycles. The van der Waals surface area contributed by atoms with Gasteiger partial charge >= 0.3 is 0 Å². The van der Waals surface area contributed by atoms with Crippen molar-refractivity contribution < 1.29 is 9.84 Å². The van der Waals surface area contributed by atoms with Gasteiger partial charge < -0.3 is 20.1 Å². The van der Waals surface area contributed by atoms with Crippen LogP contribution in [0, 0.1) is 0 Å². The Labute approximate surface area is 127 Å². The van der Waals surface area contributed by atoms with Gasteiger partial charge in [0.2, 0.25) is 0 Å². The number of hydrogen-bond donors (Lipinski definition) is 2. The first-order valence-corrected chi connectivity index (χ1v) is 7.68. The number of anilines is 2. The number of rotatable bonds is 10. The summed E-state index contributed by atoms with van der Waals surface area (Å²) in [6, 6.07) is 2.30. The first-order chi connectivity index (χ1) is 10.2. The lowest BCUT2D eigenvalue weighted by Crippen LogP contribution is -2.37. The number of methoxy groups -OCH3 is 1. The van der Waals surface area contributed by atoms with Gasteiger partial charge in [-0.25, -0.2) is 9.97 Å². The van der Waals surface area contributed by atoms with E-state index in [-0.39, 0.29) is 6.61 Å². The molecule has 6 nitrogen and oxygen atoms in total. The molecule has 1 aromatic rings. The number of aliphatic hydroxyl groups excluding tert-OH is 1. The zero-order valence-corrected chi connectivity index (χ0v) is 13.6. The molecule has 0 aliphatic rings. The molecule has 21 heavy (non-hydrogen) atoms. The van der Waals surface area contributed by atoms with Crippen LogP contribution in [-0.4, -0.2) is 47.9 Å². The molecule has 0 aliphatic heterocycles. The first-order valence-electron chi connectivity index (χ1n) is 7.68. The number of nitrogens with zero attached hydrogens (tertiary/aromatic N) is 3. The second-order valence-corrected chi connectivity index (χ2v) is 4.88. The van der Waals surface area contributed by atoms with Crippen LogP contribution < -0.4 is 10.2 Å². The molecule has 0 saturated heterocycles. The van der Waals surface area contributed by atoms with Gasteiger partial charge in [0.05, 0.1) is 6.61 Å². The number of ether oxygens (including phenoxy) is 1. The Morgan fingerprint density at radius 1 is 1.29 bits per heavy atom. The fourth-order valence-electron chi connectivity index (χ4n) is 2.42. The number of aromatic nitrogens is 2. The zero-order valence-electron chi connectivity index (χ0n) is 13.6. The van der Waals surface area contributed by atoms with Crippen molar-refractivity contribution in [3.63, 3.8) is 0 Å². The van der Waals surface area contributed by atoms with Gasteiger partial charge in [-0.05, 0) is 19.8 Å². The smallest absolute Gasteiger partial charge is 0.158 e. The highest BCUT2D eigenvalue weighted by Crippen LogP contribution is 2.21. The van der Waals surface area contributed by atoms with E-state index >= 15 is 0 Å². The standard InChI is InChI=1S/C15H28N4O2/c1-5-12(6-2)19(8-9-20)15-10-13(16-7-3)17-14(18-15)11-21-4/h10,12,20H,5-9,11H2,1-4H3,(H,16,17,18). The van der Waals surface area contributed by atoms with Crippen molar-refractivity contribution in [1.82, 2.24) is 9.97 Å². The Morgan fingerprint density at radius 3 is 2.52 bits per heavy atom. The van der Waals surface area contributed by atoms with E-state index in [4.69, 9.17) is 4.74 Å². The summed E-state index contributed by atoms with van der Waals surface area (Å²) in [5.74, 6) is 2.29. The Bertz CT molecular complexity index is 386. The van der Waals surface area contributed by atoms with Crippen molar-refractivity contribution in [2.75, 3.05) is 37.0 Å². The Hall–Kier alpha value is -1.40. The van der Waals surface area contributed by atoms with Gasteiger partial charge in [0, 0.05) is 32.3 Å². The summed E-state index contributed by atoms with van der Waals surface area (Å²) in [4.78, 5) is 11.2. The molecule has 0 saturated carbocycles. The van der Waals surface area contributed by atoms with Crippen LogP contribution in [0.2, 0.25) is 0 Å². The molecule has 1 heterocycles. The van der Waals surface area contributed by atoms with Gasteiger partial charge in [-0.1, -0.05) is 13.8 Å². The highest BCUT2D eigenvalue weighted by atomic mass is 16.5. The molecule has 0 radical (unpaired) electrons. The maximum Gasteiger partial charge on any atom is 0.158 e. The third-order valence-corrected chi connectivity index (χ3v) is 3.41. The monoisotopic (exact) mass is 296 g/mol. The predicted molar refractivity (Wildman–Crippen MR) is 85.7 cm³/mol. The van der Waals surface area contributed by atoms with Gasteiger partial charge in [-0.15, -0.1) is 0 Å². The molecule has 0 aromatic carbocycles. The zero-order chi connectivity index (χ0) is 15.7. The van der Waals surface area contributed by atoms with E-state index in [1.165, 1.54) is 0 Å². The van der Waals surface area contributed by atoms with Gasteiger partial charge in [-0.3, -0.25) is 0 Å². The topological polar surface area (TPSA) is 70.5 Å². The van der Waals surface area contributed by atoms with Gasteiger partial charge in [0.25, 0.3) is 0 Å². The van der Waals surface area contributed by atoms with Crippen molar-refractivity contribution >= 4 is 11.6 Å². The van der Waals surface area contributed by atoms with Crippen LogP contribution in [0.5, 0.6) is 0 Å². The summed E-state index contributed by atoms with van der Waals surface area (Å²) in [7, 11) is 1.63. The van der Waals surface area contributed by atoms with E-state index in [1.54, 1.807) is 7.11 Å². The summed E-state index contributed by atoms with van der Waals surface area (Å²) in [6.45, 7) is 8.19. The second-order valence-electron chi connectivity index (χ2n) is 4.88. The average Bonchev–Trinajstić information content (AvgIpc) is 2.48. The summed E-state index contributed by atoms with van der Waals surface area (Å²) >= 11 is 0. The molecule has 120 valence electrons. The molecule has 6 heteroatoms. The largest absolute Gasteiger partial charge is 0.395 e. The summed E-state index contributed by atoms with van der Waals surface area (Å²) in [5.41, 5.74) is 0. The van der Waals surface area contributed by atoms with E-state index in [9.17, 15) is 5.11 Å². The average molecular weight is 296 g/mol. The molecule has 0 amide bonds. The molecule has 2 N–H and O–H groups in total. The van der Waals surface area contributed by atoms with Crippen LogP contribution in [0.1, 0.15) is 39.4 Å². The van der Waals surface area contributed by atoms with E-state index < -0.39 is 0 Å². The highest BCUT2D eigenvalue weighted by molar-refractivity contribution is 5.50. The summed E-state index contributed by atoms with van der Waals surface area (Å²) < 4.78 is 5.15. The lowest BCUT2D eigenvalue weighted by Gasteiger charge is -2.31. The second kappa shape index (κ2) is 9.52. The molecule has 0 atom stereocenters. The van der Waals surface area contributed by atoms with Crippen molar-refractivity contribution in [3.8, 4) is 0 Å². The number of aliphatic hydroxyl groups is 1. The minimum absolute atomic E-state index is 0.108. The molecular formula is C15H28N4O2. The van der Waals surface area contributed by atoms with Crippen LogP contribution in [0.25, 0.3) is 0 Å². The number of hydrogen-bond acceptors (Lipinski definition) is 6. The Balaban J connectivity index is 3.14. The Kier molecular flexibility index (Phi) is 8.00. The van der Waals surface area contributed by atoms with Crippen LogP contribution in [0.3, 0.4) is 0 Å². The molecule has 1 rings (SSSR count). The van der Waals surface area contributed by atoms with Crippen molar-refractivity contribution in [2.45, 2.75) is 46.3 Å². The van der Waals surface area contributed by atoms with E-state index in [1.807, 2.05) is 13.0 Å². The van der Waals surface area contributed by atoms with Gasteiger partial charge in [-0.2, -0.15) is 0 Å². The molecule has 0 bridgehead atoms. The summed E-state index contributed by atoms with van der Waals surface area (Å²) in [6.07, 6.45) is 2.02. The van der Waals surface area contributed by atoms with Crippen LogP contribution in [0.15, 0.2) is 6.07 Å². The fourth-order valence-corrected chi connectivity index (χ4v) is 2.42. The minimum atomic E-state index is 0.108. The summed E-state index contributed by atoms with van der Waals surface area (Å²) in [5, 5.41) is 12.6. The van der Waals surface area contributed by atoms with Crippen LogP contribution >= 0.6 is 0 Å². The van der Waals surface area contributed by atoms with Gasteiger partial charge in [0.15, 0.2) is 5.82 Å². The normalized spacial score (nSPS) is 11.0. The lowest BCUT2D eigenvalue weighted by molar-refractivity contribution is 0.178. The molecule has 0 fully saturated rings. The van der Waals surface area contributed by atoms with Gasteiger partial charge in [0.1, 0.15) is 18.2 Å². The van der Waals surface area contributed by atoms with Crippen LogP contribution in [0.4, 0.5) is 11.6 Å². The van der Waals surface area contributed by atoms with E-state index in [0.717, 1.165) is 31.0 Å². The van der Waals surface area contributed by atoms with Crippen molar-refractivity contribution in [1.29, 1.82) is 0 Å². The molecule has 1 aromatic heterocycles. The predicted octanol–water partition coefficient (Wildman–Crippen LogP) is 2.04. The SMILES string of the molecule is CCNc1cc(N(CCO)C(CC)CC)nc(COC)n1.